The molecule has 0 bridgehead atoms. The minimum absolute atomic E-state index is 0.00592. The van der Waals surface area contributed by atoms with Gasteiger partial charge in [0, 0.05) is 12.6 Å². The topological polar surface area (TPSA) is 73.6 Å². The number of nitrogens with one attached hydrogen (secondary N) is 1. The number of nitro groups is 1. The van der Waals surface area contributed by atoms with E-state index >= 15 is 0 Å². The van der Waals surface area contributed by atoms with Crippen LogP contribution in [0.15, 0.2) is 12.1 Å². The first-order valence-corrected chi connectivity index (χ1v) is 6.71. The van der Waals surface area contributed by atoms with Crippen LogP contribution >= 0.6 is 0 Å². The summed E-state index contributed by atoms with van der Waals surface area (Å²) in [6.45, 7) is 4.92. The zero-order chi connectivity index (χ0) is 15.1. The Morgan fingerprint density at radius 1 is 1.20 bits per heavy atom. The zero-order valence-electron chi connectivity index (χ0n) is 12.4. The van der Waals surface area contributed by atoms with Crippen molar-refractivity contribution in [2.45, 2.75) is 26.7 Å². The van der Waals surface area contributed by atoms with E-state index in [2.05, 4.69) is 19.2 Å². The van der Waals surface area contributed by atoms with Gasteiger partial charge in [0.2, 0.25) is 0 Å². The molecule has 0 radical (unpaired) electrons. The van der Waals surface area contributed by atoms with Gasteiger partial charge in [-0.15, -0.1) is 0 Å². The van der Waals surface area contributed by atoms with Gasteiger partial charge in [-0.1, -0.05) is 26.7 Å². The average Bonchev–Trinajstić information content (AvgIpc) is 2.47. The molecule has 112 valence electrons. The second-order valence-electron chi connectivity index (χ2n) is 4.54. The average molecular weight is 282 g/mol. The highest BCUT2D eigenvalue weighted by molar-refractivity contribution is 5.68. The molecule has 1 rings (SSSR count). The number of benzene rings is 1. The Hall–Kier alpha value is -1.98. The highest BCUT2D eigenvalue weighted by atomic mass is 16.6. The molecule has 0 aliphatic rings. The number of rotatable bonds is 8. The monoisotopic (exact) mass is 282 g/mol. The number of hydrogen-bond donors (Lipinski definition) is 1. The summed E-state index contributed by atoms with van der Waals surface area (Å²) < 4.78 is 10.3. The standard InChI is InChI=1S/C14H22N2O4/c1-5-10(6-2)9-15-11-7-13(19-3)14(20-4)8-12(11)16(17)18/h7-8,10,15H,5-6,9H2,1-4H3. The molecule has 0 unspecified atom stereocenters. The van der Waals surface area contributed by atoms with E-state index in [0.29, 0.717) is 29.6 Å². The maximum Gasteiger partial charge on any atom is 0.296 e. The summed E-state index contributed by atoms with van der Waals surface area (Å²) in [5.74, 6) is 1.32. The molecule has 20 heavy (non-hydrogen) atoms. The zero-order valence-corrected chi connectivity index (χ0v) is 12.4. The molecule has 0 fully saturated rings. The number of nitrogens with zero attached hydrogens (tertiary/aromatic N) is 1. The molecule has 0 saturated carbocycles. The van der Waals surface area contributed by atoms with Crippen molar-refractivity contribution in [3.8, 4) is 11.5 Å². The SMILES string of the molecule is CCC(CC)CNc1cc(OC)c(OC)cc1[N+](=O)[O-]. The van der Waals surface area contributed by atoms with E-state index in [9.17, 15) is 10.1 Å². The Bertz CT molecular complexity index is 459. The molecule has 0 aromatic heterocycles. The van der Waals surface area contributed by atoms with E-state index in [-0.39, 0.29) is 5.69 Å². The van der Waals surface area contributed by atoms with Gasteiger partial charge in [0.05, 0.1) is 25.2 Å². The lowest BCUT2D eigenvalue weighted by atomic mass is 10.0. The molecule has 6 nitrogen and oxygen atoms in total. The lowest BCUT2D eigenvalue weighted by Gasteiger charge is -2.16. The van der Waals surface area contributed by atoms with Crippen LogP contribution in [-0.2, 0) is 0 Å². The smallest absolute Gasteiger partial charge is 0.296 e. The predicted octanol–water partition coefficient (Wildman–Crippen LogP) is 3.46. The summed E-state index contributed by atoms with van der Waals surface area (Å²) in [7, 11) is 2.97. The second-order valence-corrected chi connectivity index (χ2v) is 4.54. The number of ether oxygens (including phenoxy) is 2. The molecule has 0 saturated heterocycles. The first-order valence-electron chi connectivity index (χ1n) is 6.71. The number of anilines is 1. The number of nitro benzene ring substituents is 1. The van der Waals surface area contributed by atoms with Crippen LogP contribution in [0.4, 0.5) is 11.4 Å². The summed E-state index contributed by atoms with van der Waals surface area (Å²) >= 11 is 0. The van der Waals surface area contributed by atoms with Crippen LogP contribution in [0.3, 0.4) is 0 Å². The molecule has 0 atom stereocenters. The molecule has 1 N–H and O–H groups in total. The minimum Gasteiger partial charge on any atom is -0.493 e. The van der Waals surface area contributed by atoms with Crippen molar-refractivity contribution in [3.05, 3.63) is 22.2 Å². The molecule has 0 aliphatic heterocycles. The normalized spacial score (nSPS) is 10.4. The quantitative estimate of drug-likeness (QED) is 0.584. The van der Waals surface area contributed by atoms with E-state index in [4.69, 9.17) is 9.47 Å². The maximum absolute atomic E-state index is 11.1. The first-order chi connectivity index (χ1) is 9.57. The van der Waals surface area contributed by atoms with E-state index in [1.54, 1.807) is 6.07 Å². The highest BCUT2D eigenvalue weighted by Crippen LogP contribution is 2.37. The number of hydrogen-bond acceptors (Lipinski definition) is 5. The van der Waals surface area contributed by atoms with Gasteiger partial charge in [0.25, 0.3) is 5.69 Å². The Balaban J connectivity index is 3.06. The van der Waals surface area contributed by atoms with Gasteiger partial charge in [-0.2, -0.15) is 0 Å². The van der Waals surface area contributed by atoms with Crippen LogP contribution in [0.5, 0.6) is 11.5 Å². The van der Waals surface area contributed by atoms with Crippen molar-refractivity contribution in [2.24, 2.45) is 5.92 Å². The van der Waals surface area contributed by atoms with E-state index < -0.39 is 4.92 Å². The Labute approximate surface area is 119 Å². The fourth-order valence-corrected chi connectivity index (χ4v) is 1.99. The van der Waals surface area contributed by atoms with Crippen LogP contribution in [-0.4, -0.2) is 25.7 Å². The predicted molar refractivity (Wildman–Crippen MR) is 78.8 cm³/mol. The Morgan fingerprint density at radius 2 is 1.75 bits per heavy atom. The van der Waals surface area contributed by atoms with Crippen molar-refractivity contribution in [3.63, 3.8) is 0 Å². The molecule has 1 aromatic carbocycles. The lowest BCUT2D eigenvalue weighted by Crippen LogP contribution is -2.13. The van der Waals surface area contributed by atoms with E-state index in [1.807, 2.05) is 0 Å². The van der Waals surface area contributed by atoms with Gasteiger partial charge in [-0.05, 0) is 5.92 Å². The van der Waals surface area contributed by atoms with Gasteiger partial charge < -0.3 is 14.8 Å². The second kappa shape index (κ2) is 7.57. The molecule has 0 spiro atoms. The van der Waals surface area contributed by atoms with Gasteiger partial charge in [-0.25, -0.2) is 0 Å². The Kier molecular flexibility index (Phi) is 6.09. The maximum atomic E-state index is 11.1. The van der Waals surface area contributed by atoms with Crippen LogP contribution in [0, 0.1) is 16.0 Å². The van der Waals surface area contributed by atoms with Crippen LogP contribution < -0.4 is 14.8 Å². The molecular formula is C14H22N2O4. The molecule has 1 aromatic rings. The molecule has 6 heteroatoms. The van der Waals surface area contributed by atoms with Crippen molar-refractivity contribution in [1.29, 1.82) is 0 Å². The fourth-order valence-electron chi connectivity index (χ4n) is 1.99. The van der Waals surface area contributed by atoms with Crippen LogP contribution in [0.1, 0.15) is 26.7 Å². The van der Waals surface area contributed by atoms with Crippen molar-refractivity contribution in [2.75, 3.05) is 26.1 Å². The fraction of sp³-hybridized carbons (Fsp3) is 0.571. The van der Waals surface area contributed by atoms with Gasteiger partial charge in [0.1, 0.15) is 5.69 Å². The number of methoxy groups -OCH3 is 2. The van der Waals surface area contributed by atoms with E-state index in [1.165, 1.54) is 20.3 Å². The summed E-state index contributed by atoms with van der Waals surface area (Å²) in [6, 6.07) is 2.99. The summed E-state index contributed by atoms with van der Waals surface area (Å²) in [5, 5.41) is 14.3. The largest absolute Gasteiger partial charge is 0.493 e. The van der Waals surface area contributed by atoms with Crippen LogP contribution in [0.25, 0.3) is 0 Å². The summed E-state index contributed by atoms with van der Waals surface area (Å²) in [6.07, 6.45) is 2.06. The van der Waals surface area contributed by atoms with Crippen molar-refractivity contribution >= 4 is 11.4 Å². The Morgan fingerprint density at radius 3 is 2.20 bits per heavy atom. The summed E-state index contributed by atoms with van der Waals surface area (Å²) in [4.78, 5) is 10.7. The molecule has 0 amide bonds. The van der Waals surface area contributed by atoms with Gasteiger partial charge in [0.15, 0.2) is 11.5 Å². The third-order valence-corrected chi connectivity index (χ3v) is 3.43. The third-order valence-electron chi connectivity index (χ3n) is 3.43. The lowest BCUT2D eigenvalue weighted by molar-refractivity contribution is -0.384. The minimum atomic E-state index is -0.419. The summed E-state index contributed by atoms with van der Waals surface area (Å²) in [5.41, 5.74) is 0.452. The molecule has 0 heterocycles. The first kappa shape index (κ1) is 16.1. The molecule has 0 aliphatic carbocycles. The van der Waals surface area contributed by atoms with Crippen LogP contribution in [0.2, 0.25) is 0 Å². The van der Waals surface area contributed by atoms with Gasteiger partial charge >= 0.3 is 0 Å². The highest BCUT2D eigenvalue weighted by Gasteiger charge is 2.19. The third kappa shape index (κ3) is 3.76. The van der Waals surface area contributed by atoms with E-state index in [0.717, 1.165) is 12.8 Å². The molecular weight excluding hydrogens is 260 g/mol. The van der Waals surface area contributed by atoms with Crippen molar-refractivity contribution < 1.29 is 14.4 Å². The van der Waals surface area contributed by atoms with Gasteiger partial charge in [-0.3, -0.25) is 10.1 Å². The van der Waals surface area contributed by atoms with Crippen molar-refractivity contribution in [1.82, 2.24) is 0 Å².